The summed E-state index contributed by atoms with van der Waals surface area (Å²) in [4.78, 5) is 2.14. The first-order chi connectivity index (χ1) is 9.06. The lowest BCUT2D eigenvalue weighted by Crippen LogP contribution is -2.17. The lowest BCUT2D eigenvalue weighted by atomic mass is 10.1. The normalized spacial score (nSPS) is 10.9. The quantitative estimate of drug-likeness (QED) is 0.836. The van der Waals surface area contributed by atoms with Crippen molar-refractivity contribution in [1.82, 2.24) is 10.1 Å². The molecule has 0 fully saturated rings. The van der Waals surface area contributed by atoms with Crippen molar-refractivity contribution >= 4 is 5.69 Å². The number of aromatic nitrogens is 1. The Morgan fingerprint density at radius 3 is 2.68 bits per heavy atom. The maximum atomic E-state index is 5.84. The van der Waals surface area contributed by atoms with Gasteiger partial charge in [0.1, 0.15) is 11.5 Å². The molecule has 2 N–H and O–H groups in total. The Morgan fingerprint density at radius 1 is 1.26 bits per heavy atom. The zero-order chi connectivity index (χ0) is 13.8. The predicted octanol–water partition coefficient (Wildman–Crippen LogP) is 2.21. The van der Waals surface area contributed by atoms with Gasteiger partial charge in [-0.3, -0.25) is 4.90 Å². The van der Waals surface area contributed by atoms with Crippen LogP contribution >= 0.6 is 0 Å². The smallest absolute Gasteiger partial charge is 0.133 e. The van der Waals surface area contributed by atoms with E-state index in [0.717, 1.165) is 35.9 Å². The average molecular weight is 261 g/mol. The fourth-order valence-corrected chi connectivity index (χ4v) is 2.03. The number of aryl methyl sites for hydroxylation is 1. The van der Waals surface area contributed by atoms with Gasteiger partial charge in [-0.15, -0.1) is 0 Å². The predicted molar refractivity (Wildman–Crippen MR) is 73.8 cm³/mol. The molecule has 5 heteroatoms. The van der Waals surface area contributed by atoms with Gasteiger partial charge in [-0.05, 0) is 31.7 Å². The van der Waals surface area contributed by atoms with Crippen LogP contribution in [0.5, 0.6) is 5.75 Å². The Balaban J connectivity index is 2.02. The summed E-state index contributed by atoms with van der Waals surface area (Å²) in [6, 6.07) is 7.69. The average Bonchev–Trinajstić information content (AvgIpc) is 2.73. The number of rotatable bonds is 5. The van der Waals surface area contributed by atoms with Crippen molar-refractivity contribution in [1.29, 1.82) is 0 Å². The molecular formula is C14H19N3O2. The summed E-state index contributed by atoms with van der Waals surface area (Å²) in [6.45, 7) is 3.39. The van der Waals surface area contributed by atoms with Crippen molar-refractivity contribution in [3.63, 3.8) is 0 Å². The number of hydrogen-bond acceptors (Lipinski definition) is 5. The third-order valence-corrected chi connectivity index (χ3v) is 2.79. The minimum Gasteiger partial charge on any atom is -0.497 e. The molecule has 102 valence electrons. The highest BCUT2D eigenvalue weighted by atomic mass is 16.5. The molecule has 0 aliphatic rings. The van der Waals surface area contributed by atoms with Crippen LogP contribution in [-0.2, 0) is 13.1 Å². The molecule has 0 spiro atoms. The maximum absolute atomic E-state index is 5.84. The second kappa shape index (κ2) is 5.75. The molecule has 5 nitrogen and oxygen atoms in total. The summed E-state index contributed by atoms with van der Waals surface area (Å²) in [7, 11) is 3.67. The maximum Gasteiger partial charge on any atom is 0.133 e. The van der Waals surface area contributed by atoms with Crippen LogP contribution in [0.15, 0.2) is 28.8 Å². The molecule has 0 unspecified atom stereocenters. The van der Waals surface area contributed by atoms with Gasteiger partial charge in [0.15, 0.2) is 0 Å². The Morgan fingerprint density at radius 2 is 2.05 bits per heavy atom. The van der Waals surface area contributed by atoms with Crippen LogP contribution in [0.3, 0.4) is 0 Å². The fourth-order valence-electron chi connectivity index (χ4n) is 2.03. The van der Waals surface area contributed by atoms with E-state index in [0.29, 0.717) is 5.69 Å². The van der Waals surface area contributed by atoms with Crippen LogP contribution in [0.4, 0.5) is 5.69 Å². The third kappa shape index (κ3) is 3.72. The van der Waals surface area contributed by atoms with Gasteiger partial charge in [-0.1, -0.05) is 5.16 Å². The molecule has 0 bridgehead atoms. The van der Waals surface area contributed by atoms with Crippen molar-refractivity contribution < 1.29 is 9.26 Å². The fraction of sp³-hybridized carbons (Fsp3) is 0.357. The minimum atomic E-state index is 0.708. The van der Waals surface area contributed by atoms with Crippen LogP contribution < -0.4 is 10.5 Å². The largest absolute Gasteiger partial charge is 0.497 e. The summed E-state index contributed by atoms with van der Waals surface area (Å²) in [5.74, 6) is 1.61. The van der Waals surface area contributed by atoms with E-state index >= 15 is 0 Å². The molecule has 2 aromatic rings. The number of anilines is 1. The van der Waals surface area contributed by atoms with Gasteiger partial charge in [0.05, 0.1) is 12.8 Å². The van der Waals surface area contributed by atoms with Crippen LogP contribution in [0, 0.1) is 6.92 Å². The summed E-state index contributed by atoms with van der Waals surface area (Å²) >= 11 is 0. The second-order valence-corrected chi connectivity index (χ2v) is 4.72. The van der Waals surface area contributed by atoms with Crippen molar-refractivity contribution in [3.8, 4) is 5.75 Å². The highest BCUT2D eigenvalue weighted by Gasteiger charge is 2.07. The number of nitrogen functional groups attached to an aromatic ring is 1. The summed E-state index contributed by atoms with van der Waals surface area (Å²) < 4.78 is 10.3. The molecule has 0 radical (unpaired) electrons. The molecule has 1 heterocycles. The molecule has 2 rings (SSSR count). The summed E-state index contributed by atoms with van der Waals surface area (Å²) in [5.41, 5.74) is 8.59. The van der Waals surface area contributed by atoms with Crippen LogP contribution in [0.1, 0.15) is 17.0 Å². The molecule has 0 aliphatic carbocycles. The Bertz CT molecular complexity index is 551. The van der Waals surface area contributed by atoms with Gasteiger partial charge in [0.25, 0.3) is 0 Å². The second-order valence-electron chi connectivity index (χ2n) is 4.72. The van der Waals surface area contributed by atoms with Gasteiger partial charge in [-0.2, -0.15) is 0 Å². The zero-order valence-electron chi connectivity index (χ0n) is 11.5. The molecule has 19 heavy (non-hydrogen) atoms. The SMILES string of the molecule is COc1cc(N)cc(CN(C)Cc2cc(C)on2)c1. The van der Waals surface area contributed by atoms with E-state index in [1.807, 2.05) is 38.2 Å². The monoisotopic (exact) mass is 261 g/mol. The van der Waals surface area contributed by atoms with Crippen LogP contribution in [-0.4, -0.2) is 24.2 Å². The molecule has 0 saturated heterocycles. The molecule has 0 amide bonds. The molecule has 0 saturated carbocycles. The number of methoxy groups -OCH3 is 1. The van der Waals surface area contributed by atoms with Gasteiger partial charge < -0.3 is 15.0 Å². The molecule has 0 atom stereocenters. The van der Waals surface area contributed by atoms with Crippen molar-refractivity contribution in [2.75, 3.05) is 19.9 Å². The number of benzene rings is 1. The molecule has 0 aliphatic heterocycles. The molecular weight excluding hydrogens is 242 g/mol. The topological polar surface area (TPSA) is 64.5 Å². The van der Waals surface area contributed by atoms with Crippen LogP contribution in [0.25, 0.3) is 0 Å². The number of nitrogens with two attached hydrogens (primary N) is 1. The van der Waals surface area contributed by atoms with E-state index in [9.17, 15) is 0 Å². The lowest BCUT2D eigenvalue weighted by Gasteiger charge is -2.16. The van der Waals surface area contributed by atoms with E-state index in [1.165, 1.54) is 0 Å². The number of ether oxygens (including phenoxy) is 1. The molecule has 1 aromatic heterocycles. The Labute approximate surface area is 112 Å². The Kier molecular flexibility index (Phi) is 4.06. The van der Waals surface area contributed by atoms with Crippen LogP contribution in [0.2, 0.25) is 0 Å². The zero-order valence-corrected chi connectivity index (χ0v) is 11.5. The van der Waals surface area contributed by atoms with E-state index in [2.05, 4.69) is 10.1 Å². The molecule has 1 aromatic carbocycles. The summed E-state index contributed by atoms with van der Waals surface area (Å²) in [5, 5.41) is 3.98. The minimum absolute atomic E-state index is 0.708. The summed E-state index contributed by atoms with van der Waals surface area (Å²) in [6.07, 6.45) is 0. The third-order valence-electron chi connectivity index (χ3n) is 2.79. The van der Waals surface area contributed by atoms with Gasteiger partial charge >= 0.3 is 0 Å². The first kappa shape index (κ1) is 13.4. The van der Waals surface area contributed by atoms with Gasteiger partial charge in [0.2, 0.25) is 0 Å². The van der Waals surface area contributed by atoms with E-state index in [-0.39, 0.29) is 0 Å². The van der Waals surface area contributed by atoms with Crippen molar-refractivity contribution in [3.05, 3.63) is 41.3 Å². The van der Waals surface area contributed by atoms with Crippen molar-refractivity contribution in [2.24, 2.45) is 0 Å². The van der Waals surface area contributed by atoms with E-state index in [1.54, 1.807) is 7.11 Å². The Hall–Kier alpha value is -2.01. The lowest BCUT2D eigenvalue weighted by molar-refractivity contribution is 0.301. The van der Waals surface area contributed by atoms with Gasteiger partial charge in [-0.25, -0.2) is 0 Å². The standard InChI is InChI=1S/C14H19N3O2/c1-10-4-13(16-19-10)9-17(2)8-11-5-12(15)7-14(6-11)18-3/h4-7H,8-9,15H2,1-3H3. The highest BCUT2D eigenvalue weighted by Crippen LogP contribution is 2.19. The van der Waals surface area contributed by atoms with Gasteiger partial charge in [0, 0.05) is 30.9 Å². The number of hydrogen-bond donors (Lipinski definition) is 1. The van der Waals surface area contributed by atoms with Crippen molar-refractivity contribution in [2.45, 2.75) is 20.0 Å². The van der Waals surface area contributed by atoms with E-state index in [4.69, 9.17) is 15.0 Å². The first-order valence-electron chi connectivity index (χ1n) is 6.11. The van der Waals surface area contributed by atoms with E-state index < -0.39 is 0 Å². The number of nitrogens with zero attached hydrogens (tertiary/aromatic N) is 2. The highest BCUT2D eigenvalue weighted by molar-refractivity contribution is 5.47. The first-order valence-corrected chi connectivity index (χ1v) is 6.11.